The van der Waals surface area contributed by atoms with Crippen LogP contribution in [-0.4, -0.2) is 26.4 Å². The molecule has 2 heterocycles. The molecule has 122 valence electrons. The van der Waals surface area contributed by atoms with E-state index in [-0.39, 0.29) is 17.2 Å². The second kappa shape index (κ2) is 6.16. The fourth-order valence-corrected chi connectivity index (χ4v) is 2.64. The molecule has 0 saturated heterocycles. The minimum absolute atomic E-state index is 0.0496. The van der Waals surface area contributed by atoms with Gasteiger partial charge in [-0.05, 0) is 43.2 Å². The number of carboxylic acid groups (broad SMARTS) is 1. The molecule has 6 heteroatoms. The van der Waals surface area contributed by atoms with Crippen molar-refractivity contribution in [1.29, 1.82) is 0 Å². The van der Waals surface area contributed by atoms with Crippen molar-refractivity contribution in [3.63, 3.8) is 0 Å². The summed E-state index contributed by atoms with van der Waals surface area (Å²) in [7, 11) is 0. The zero-order valence-corrected chi connectivity index (χ0v) is 13.4. The average molecular weight is 323 g/mol. The minimum atomic E-state index is -1.09. The zero-order valence-electron chi connectivity index (χ0n) is 13.4. The molecule has 0 saturated carbocycles. The molecule has 0 spiro atoms. The first-order chi connectivity index (χ1) is 11.5. The third-order valence-electron chi connectivity index (χ3n) is 3.81. The van der Waals surface area contributed by atoms with Crippen LogP contribution in [0.25, 0.3) is 5.65 Å². The Morgan fingerprint density at radius 2 is 2.00 bits per heavy atom. The summed E-state index contributed by atoms with van der Waals surface area (Å²) in [6, 6.07) is 10.1. The molecule has 6 nitrogen and oxygen atoms in total. The molecule has 3 rings (SSSR count). The van der Waals surface area contributed by atoms with Gasteiger partial charge in [0.2, 0.25) is 0 Å². The van der Waals surface area contributed by atoms with Gasteiger partial charge in [-0.25, -0.2) is 9.78 Å². The lowest BCUT2D eigenvalue weighted by molar-refractivity contribution is 0.0698. The van der Waals surface area contributed by atoms with Crippen LogP contribution in [0.3, 0.4) is 0 Å². The Morgan fingerprint density at radius 1 is 1.25 bits per heavy atom. The van der Waals surface area contributed by atoms with Gasteiger partial charge in [0.25, 0.3) is 5.91 Å². The lowest BCUT2D eigenvalue weighted by Crippen LogP contribution is -2.18. The monoisotopic (exact) mass is 323 g/mol. The number of fused-ring (bicyclic) bond motifs is 1. The van der Waals surface area contributed by atoms with E-state index in [0.29, 0.717) is 23.5 Å². The number of aromatic carboxylic acids is 1. The Kier molecular flexibility index (Phi) is 4.04. The summed E-state index contributed by atoms with van der Waals surface area (Å²) in [6.45, 7) is 3.89. The van der Waals surface area contributed by atoms with Crippen molar-refractivity contribution >= 4 is 23.2 Å². The summed E-state index contributed by atoms with van der Waals surface area (Å²) in [4.78, 5) is 28.6. The largest absolute Gasteiger partial charge is 0.478 e. The van der Waals surface area contributed by atoms with Gasteiger partial charge in [0.05, 0.1) is 16.9 Å². The molecule has 0 unspecified atom stereocenters. The number of aromatic nitrogens is 2. The Labute approximate surface area is 138 Å². The summed E-state index contributed by atoms with van der Waals surface area (Å²) >= 11 is 0. The van der Waals surface area contributed by atoms with Crippen LogP contribution in [0.2, 0.25) is 0 Å². The first-order valence-electron chi connectivity index (χ1n) is 7.62. The molecule has 0 radical (unpaired) electrons. The first kappa shape index (κ1) is 15.7. The molecule has 0 aliphatic rings. The molecule has 24 heavy (non-hydrogen) atoms. The number of rotatable bonds is 4. The molecular formula is C18H17N3O3. The van der Waals surface area contributed by atoms with E-state index in [2.05, 4.69) is 10.3 Å². The number of aryl methyl sites for hydroxylation is 2. The second-order valence-corrected chi connectivity index (χ2v) is 5.50. The summed E-state index contributed by atoms with van der Waals surface area (Å²) in [5, 5.41) is 11.9. The summed E-state index contributed by atoms with van der Waals surface area (Å²) in [5.41, 5.74) is 3.16. The number of benzene rings is 1. The molecule has 0 bridgehead atoms. The van der Waals surface area contributed by atoms with Gasteiger partial charge < -0.3 is 10.4 Å². The van der Waals surface area contributed by atoms with Crippen molar-refractivity contribution in [2.45, 2.75) is 20.3 Å². The number of pyridine rings is 1. The third kappa shape index (κ3) is 2.74. The van der Waals surface area contributed by atoms with Gasteiger partial charge in [0.1, 0.15) is 11.3 Å². The van der Waals surface area contributed by atoms with Crippen LogP contribution in [0.1, 0.15) is 39.0 Å². The van der Waals surface area contributed by atoms with Crippen LogP contribution in [0.5, 0.6) is 0 Å². The average Bonchev–Trinajstić information content (AvgIpc) is 2.92. The summed E-state index contributed by atoms with van der Waals surface area (Å²) in [6.07, 6.45) is 2.40. The van der Waals surface area contributed by atoms with Crippen LogP contribution in [0, 0.1) is 6.92 Å². The summed E-state index contributed by atoms with van der Waals surface area (Å²) < 4.78 is 1.73. The number of imidazole rings is 1. The second-order valence-electron chi connectivity index (χ2n) is 5.50. The zero-order chi connectivity index (χ0) is 17.3. The smallest absolute Gasteiger partial charge is 0.337 e. The Hall–Kier alpha value is -3.15. The number of hydrogen-bond donors (Lipinski definition) is 2. The predicted octanol–water partition coefficient (Wildman–Crippen LogP) is 3.16. The van der Waals surface area contributed by atoms with E-state index in [1.54, 1.807) is 28.8 Å². The van der Waals surface area contributed by atoms with E-state index in [1.807, 2.05) is 26.0 Å². The number of para-hydroxylation sites is 1. The number of anilines is 1. The molecule has 3 aromatic rings. The first-order valence-corrected chi connectivity index (χ1v) is 7.62. The number of nitrogens with one attached hydrogen (secondary N) is 1. The number of hydrogen-bond acceptors (Lipinski definition) is 3. The maximum atomic E-state index is 12.8. The van der Waals surface area contributed by atoms with Crippen LogP contribution in [0.15, 0.2) is 42.6 Å². The van der Waals surface area contributed by atoms with E-state index < -0.39 is 5.97 Å². The Balaban J connectivity index is 2.05. The third-order valence-corrected chi connectivity index (χ3v) is 3.81. The van der Waals surface area contributed by atoms with Crippen molar-refractivity contribution in [3.8, 4) is 0 Å². The van der Waals surface area contributed by atoms with Gasteiger partial charge in [-0.15, -0.1) is 0 Å². The number of nitrogens with zero attached hydrogens (tertiary/aromatic N) is 2. The van der Waals surface area contributed by atoms with Crippen molar-refractivity contribution in [3.05, 3.63) is 65.1 Å². The van der Waals surface area contributed by atoms with Crippen LogP contribution in [0.4, 0.5) is 5.69 Å². The van der Waals surface area contributed by atoms with Crippen molar-refractivity contribution in [2.24, 2.45) is 0 Å². The molecule has 1 amide bonds. The lowest BCUT2D eigenvalue weighted by Gasteiger charge is -2.09. The number of carbonyl (C=O) groups is 2. The van der Waals surface area contributed by atoms with Gasteiger partial charge in [-0.3, -0.25) is 9.20 Å². The SMILES string of the molecule is CCc1nc2cc(C)ccn2c1C(=O)Nc1ccccc1C(=O)O. The highest BCUT2D eigenvalue weighted by atomic mass is 16.4. The van der Waals surface area contributed by atoms with Crippen molar-refractivity contribution < 1.29 is 14.7 Å². The van der Waals surface area contributed by atoms with Gasteiger partial charge in [0.15, 0.2) is 0 Å². The predicted molar refractivity (Wildman–Crippen MR) is 90.7 cm³/mol. The standard InChI is InChI=1S/C18H17N3O3/c1-3-13-16(21-9-8-11(2)10-15(21)19-13)17(22)20-14-7-5-4-6-12(14)18(23)24/h4-10H,3H2,1-2H3,(H,20,22)(H,23,24). The van der Waals surface area contributed by atoms with Crippen molar-refractivity contribution in [2.75, 3.05) is 5.32 Å². The van der Waals surface area contributed by atoms with Gasteiger partial charge >= 0.3 is 5.97 Å². The van der Waals surface area contributed by atoms with Gasteiger partial charge in [0, 0.05) is 6.20 Å². The molecular weight excluding hydrogens is 306 g/mol. The normalized spacial score (nSPS) is 10.8. The van der Waals surface area contributed by atoms with E-state index in [9.17, 15) is 14.7 Å². The van der Waals surface area contributed by atoms with Crippen LogP contribution < -0.4 is 5.32 Å². The molecule has 2 aromatic heterocycles. The number of carboxylic acids is 1. The van der Waals surface area contributed by atoms with Gasteiger partial charge in [-0.1, -0.05) is 19.1 Å². The lowest BCUT2D eigenvalue weighted by atomic mass is 10.1. The van der Waals surface area contributed by atoms with E-state index in [1.165, 1.54) is 6.07 Å². The Morgan fingerprint density at radius 3 is 2.71 bits per heavy atom. The molecule has 1 aromatic carbocycles. The molecule has 0 fully saturated rings. The highest BCUT2D eigenvalue weighted by molar-refractivity contribution is 6.07. The van der Waals surface area contributed by atoms with Crippen molar-refractivity contribution in [1.82, 2.24) is 9.38 Å². The molecule has 2 N–H and O–H groups in total. The maximum Gasteiger partial charge on any atom is 0.337 e. The fourth-order valence-electron chi connectivity index (χ4n) is 2.64. The number of carbonyl (C=O) groups excluding carboxylic acids is 1. The molecule has 0 atom stereocenters. The van der Waals surface area contributed by atoms with E-state index in [4.69, 9.17) is 0 Å². The molecule has 0 aliphatic carbocycles. The van der Waals surface area contributed by atoms with Gasteiger partial charge in [-0.2, -0.15) is 0 Å². The van der Waals surface area contributed by atoms with Crippen LogP contribution >= 0.6 is 0 Å². The fraction of sp³-hybridized carbons (Fsp3) is 0.167. The van der Waals surface area contributed by atoms with E-state index >= 15 is 0 Å². The van der Waals surface area contributed by atoms with Crippen LogP contribution in [-0.2, 0) is 6.42 Å². The topological polar surface area (TPSA) is 83.7 Å². The minimum Gasteiger partial charge on any atom is -0.478 e. The Bertz CT molecular complexity index is 944. The number of amides is 1. The van der Waals surface area contributed by atoms with E-state index in [0.717, 1.165) is 5.56 Å². The quantitative estimate of drug-likeness (QED) is 0.772. The highest BCUT2D eigenvalue weighted by Gasteiger charge is 2.20. The highest BCUT2D eigenvalue weighted by Crippen LogP contribution is 2.19. The summed E-state index contributed by atoms with van der Waals surface area (Å²) in [5.74, 6) is -1.47. The molecule has 0 aliphatic heterocycles. The maximum absolute atomic E-state index is 12.8.